The van der Waals surface area contributed by atoms with E-state index < -0.39 is 29.7 Å². The molecule has 14 heteroatoms. The summed E-state index contributed by atoms with van der Waals surface area (Å²) in [4.78, 5) is 68.7. The molecule has 14 nitrogen and oxygen atoms in total. The number of aromatic nitrogens is 2. The lowest BCUT2D eigenvalue weighted by Gasteiger charge is -2.27. The molecular weight excluding hydrogens is 656 g/mol. The van der Waals surface area contributed by atoms with E-state index in [-0.39, 0.29) is 53.6 Å². The molecule has 0 radical (unpaired) electrons. The fraction of sp³-hybridized carbons (Fsp3) is 0.324. The normalized spacial score (nSPS) is 15.8. The number of carbonyl (C=O) groups excluding carboxylic acids is 5. The molecule has 0 bridgehead atoms. The quantitative estimate of drug-likeness (QED) is 0.153. The molecule has 0 saturated carbocycles. The van der Waals surface area contributed by atoms with Gasteiger partial charge < -0.3 is 24.2 Å². The Morgan fingerprint density at radius 2 is 1.63 bits per heavy atom. The van der Waals surface area contributed by atoms with Crippen LogP contribution in [0.25, 0.3) is 0 Å². The maximum Gasteiger partial charge on any atom is 0.294 e. The Morgan fingerprint density at radius 1 is 0.961 bits per heavy atom. The Morgan fingerprint density at radius 3 is 2.27 bits per heavy atom. The van der Waals surface area contributed by atoms with Crippen LogP contribution in [0.5, 0.6) is 11.5 Å². The summed E-state index contributed by atoms with van der Waals surface area (Å²) in [5, 5.41) is 9.14. The van der Waals surface area contributed by atoms with Crippen molar-refractivity contribution in [2.75, 3.05) is 32.6 Å². The summed E-state index contributed by atoms with van der Waals surface area (Å²) in [5.41, 5.74) is 2.83. The molecule has 2 aliphatic heterocycles. The summed E-state index contributed by atoms with van der Waals surface area (Å²) in [6.07, 6.45) is 0.786. The van der Waals surface area contributed by atoms with Crippen LogP contribution in [0.4, 0.5) is 5.69 Å². The zero-order chi connectivity index (χ0) is 36.3. The Kier molecular flexibility index (Phi) is 9.85. The molecule has 3 aromatic carbocycles. The smallest absolute Gasteiger partial charge is 0.294 e. The number of anilines is 1. The number of imide groups is 2. The number of benzene rings is 3. The maximum absolute atomic E-state index is 13.3. The molecule has 264 valence electrons. The number of fused-ring (bicyclic) bond motifs is 1. The van der Waals surface area contributed by atoms with Crippen LogP contribution in [0, 0.1) is 0 Å². The van der Waals surface area contributed by atoms with Gasteiger partial charge in [0.05, 0.1) is 17.7 Å². The first-order valence-corrected chi connectivity index (χ1v) is 16.5. The van der Waals surface area contributed by atoms with E-state index in [9.17, 15) is 24.0 Å². The summed E-state index contributed by atoms with van der Waals surface area (Å²) in [6, 6.07) is 19.6. The van der Waals surface area contributed by atoms with E-state index in [2.05, 4.69) is 34.6 Å². The van der Waals surface area contributed by atoms with Crippen molar-refractivity contribution in [3.8, 4) is 11.5 Å². The van der Waals surface area contributed by atoms with Crippen LogP contribution in [0.2, 0.25) is 0 Å². The lowest BCUT2D eigenvalue weighted by molar-refractivity contribution is -0.136. The minimum absolute atomic E-state index is 0.0174. The second-order valence-corrected chi connectivity index (χ2v) is 13.0. The number of rotatable bonds is 13. The Labute approximate surface area is 294 Å². The van der Waals surface area contributed by atoms with Gasteiger partial charge >= 0.3 is 0 Å². The molecule has 1 unspecified atom stereocenters. The molecule has 4 aromatic rings. The first-order valence-electron chi connectivity index (χ1n) is 16.5. The van der Waals surface area contributed by atoms with Gasteiger partial charge in [-0.1, -0.05) is 49.3 Å². The van der Waals surface area contributed by atoms with E-state index in [1.165, 1.54) is 4.90 Å². The van der Waals surface area contributed by atoms with Crippen molar-refractivity contribution < 1.29 is 38.0 Å². The van der Waals surface area contributed by atoms with E-state index in [1.807, 2.05) is 48.5 Å². The highest BCUT2D eigenvalue weighted by atomic mass is 16.5. The second kappa shape index (κ2) is 14.4. The van der Waals surface area contributed by atoms with Gasteiger partial charge in [-0.15, -0.1) is 0 Å². The fourth-order valence-electron chi connectivity index (χ4n) is 6.00. The number of amides is 5. The predicted molar refractivity (Wildman–Crippen MR) is 183 cm³/mol. The average molecular weight is 695 g/mol. The van der Waals surface area contributed by atoms with E-state index in [4.69, 9.17) is 14.0 Å². The summed E-state index contributed by atoms with van der Waals surface area (Å²) < 4.78 is 16.9. The molecule has 6 rings (SSSR count). The average Bonchev–Trinajstić information content (AvgIpc) is 3.69. The molecule has 0 spiro atoms. The fourth-order valence-corrected chi connectivity index (χ4v) is 6.00. The Bertz CT molecular complexity index is 1970. The molecule has 1 aromatic heterocycles. The highest BCUT2D eigenvalue weighted by Crippen LogP contribution is 2.34. The molecule has 1 atom stereocenters. The molecule has 51 heavy (non-hydrogen) atoms. The highest BCUT2D eigenvalue weighted by molar-refractivity contribution is 6.25. The maximum atomic E-state index is 13.3. The molecule has 5 amide bonds. The van der Waals surface area contributed by atoms with E-state index in [0.717, 1.165) is 21.8 Å². The SMILES string of the molecule is CN(C)C(=O)c1noc(COc2ccc(C(C)(C)c3ccc(OCCCNc4cccc5c4C(=O)N(C4CCC(=O)NC4=O)C5=O)cc3)cc2)n1. The van der Waals surface area contributed by atoms with Gasteiger partial charge in [-0.25, -0.2) is 0 Å². The summed E-state index contributed by atoms with van der Waals surface area (Å²) in [6.45, 7) is 5.20. The minimum atomic E-state index is -1.01. The zero-order valence-electron chi connectivity index (χ0n) is 28.7. The molecule has 1 saturated heterocycles. The van der Waals surface area contributed by atoms with Gasteiger partial charge in [0.2, 0.25) is 11.8 Å². The topological polar surface area (TPSA) is 173 Å². The Balaban J connectivity index is 0.979. The minimum Gasteiger partial charge on any atom is -0.494 e. The third-order valence-electron chi connectivity index (χ3n) is 8.95. The van der Waals surface area contributed by atoms with Crippen LogP contribution in [0.3, 0.4) is 0 Å². The predicted octanol–water partition coefficient (Wildman–Crippen LogP) is 3.96. The van der Waals surface area contributed by atoms with Gasteiger partial charge in [-0.2, -0.15) is 4.98 Å². The number of carbonyl (C=O) groups is 5. The number of hydrogen-bond donors (Lipinski definition) is 2. The standard InChI is InChI=1S/C37H38N6O8/c1-37(2,23-11-15-25(16-12-23)50-21-30-40-32(41-51-30)36(48)42(3)4)22-9-13-24(14-10-22)49-20-6-19-38-27-8-5-7-26-31(27)35(47)43(34(26)46)28-17-18-29(44)39-33(28)45/h5,7-16,28,38H,6,17-21H2,1-4H3,(H,39,44,45). The molecule has 0 aliphatic carbocycles. The summed E-state index contributed by atoms with van der Waals surface area (Å²) in [5.74, 6) is -0.966. The van der Waals surface area contributed by atoms with Crippen LogP contribution in [-0.2, 0) is 21.6 Å². The molecule has 1 fully saturated rings. The van der Waals surface area contributed by atoms with Gasteiger partial charge in [0.15, 0.2) is 6.61 Å². The van der Waals surface area contributed by atoms with Gasteiger partial charge in [-0.3, -0.25) is 34.2 Å². The van der Waals surface area contributed by atoms with Crippen molar-refractivity contribution >= 4 is 35.2 Å². The number of ether oxygens (including phenoxy) is 2. The van der Waals surface area contributed by atoms with Crippen molar-refractivity contribution in [3.63, 3.8) is 0 Å². The van der Waals surface area contributed by atoms with Crippen LogP contribution < -0.4 is 20.1 Å². The van der Waals surface area contributed by atoms with Gasteiger partial charge in [0.25, 0.3) is 29.4 Å². The van der Waals surface area contributed by atoms with Crippen molar-refractivity contribution in [2.24, 2.45) is 0 Å². The zero-order valence-corrected chi connectivity index (χ0v) is 28.7. The van der Waals surface area contributed by atoms with Crippen molar-refractivity contribution in [3.05, 3.63) is 101 Å². The number of nitrogens with zero attached hydrogens (tertiary/aromatic N) is 4. The number of piperidine rings is 1. The van der Waals surface area contributed by atoms with E-state index >= 15 is 0 Å². The van der Waals surface area contributed by atoms with E-state index in [1.54, 1.807) is 32.3 Å². The van der Waals surface area contributed by atoms with Crippen LogP contribution in [-0.4, -0.2) is 82.8 Å². The Hall–Kier alpha value is -6.05. The second-order valence-electron chi connectivity index (χ2n) is 13.0. The van der Waals surface area contributed by atoms with Crippen molar-refractivity contribution in [1.82, 2.24) is 25.3 Å². The number of hydrogen-bond acceptors (Lipinski definition) is 11. The van der Waals surface area contributed by atoms with Crippen LogP contribution >= 0.6 is 0 Å². The summed E-state index contributed by atoms with van der Waals surface area (Å²) >= 11 is 0. The third-order valence-corrected chi connectivity index (χ3v) is 8.95. The van der Waals surface area contributed by atoms with Crippen LogP contribution in [0.15, 0.2) is 71.3 Å². The first kappa shape index (κ1) is 34.8. The first-order chi connectivity index (χ1) is 24.4. The van der Waals surface area contributed by atoms with Gasteiger partial charge in [0, 0.05) is 38.2 Å². The number of nitrogens with one attached hydrogen (secondary N) is 2. The van der Waals surface area contributed by atoms with E-state index in [0.29, 0.717) is 31.0 Å². The van der Waals surface area contributed by atoms with Gasteiger partial charge in [0.1, 0.15) is 17.5 Å². The van der Waals surface area contributed by atoms with Gasteiger partial charge in [-0.05, 0) is 60.4 Å². The summed E-state index contributed by atoms with van der Waals surface area (Å²) in [7, 11) is 3.22. The van der Waals surface area contributed by atoms with Crippen molar-refractivity contribution in [2.45, 2.75) is 51.2 Å². The molecule has 2 N–H and O–H groups in total. The third kappa shape index (κ3) is 7.30. The molecular formula is C37H38N6O8. The highest BCUT2D eigenvalue weighted by Gasteiger charge is 2.45. The lowest BCUT2D eigenvalue weighted by atomic mass is 9.78. The largest absolute Gasteiger partial charge is 0.494 e. The van der Waals surface area contributed by atoms with Crippen LogP contribution in [0.1, 0.15) is 81.5 Å². The van der Waals surface area contributed by atoms with Crippen molar-refractivity contribution in [1.29, 1.82) is 0 Å². The molecule has 2 aliphatic rings. The molecule has 3 heterocycles. The lowest BCUT2D eigenvalue weighted by Crippen LogP contribution is -2.54. The monoisotopic (exact) mass is 694 g/mol.